The van der Waals surface area contributed by atoms with Crippen LogP contribution in [-0.2, 0) is 9.84 Å². The molecule has 0 bridgehead atoms. The standard InChI is InChI=1S/C10H7F3IN5O3S/c11-10(12,13)23(21,22)4-1-5(14)8(20)6(2-4)18-19-7(3-15)9(16)17/h1-2,18,20H,(H3,16,17)/b19-7+. The second kappa shape index (κ2) is 6.58. The summed E-state index contributed by atoms with van der Waals surface area (Å²) in [5.74, 6) is -1.32. The molecule has 23 heavy (non-hydrogen) atoms. The largest absolute Gasteiger partial charge is 0.505 e. The molecule has 0 heterocycles. The van der Waals surface area contributed by atoms with Crippen LogP contribution in [0.15, 0.2) is 22.1 Å². The average molecular weight is 461 g/mol. The van der Waals surface area contributed by atoms with Crippen molar-refractivity contribution >= 4 is 49.7 Å². The monoisotopic (exact) mass is 461 g/mol. The summed E-state index contributed by atoms with van der Waals surface area (Å²) in [6.07, 6.45) is 0. The molecular formula is C10H7F3IN5O3S. The number of sulfone groups is 1. The van der Waals surface area contributed by atoms with E-state index in [1.165, 1.54) is 28.7 Å². The molecule has 0 aliphatic rings. The van der Waals surface area contributed by atoms with E-state index in [2.05, 4.69) is 5.10 Å². The number of aromatic hydroxyl groups is 1. The molecule has 0 fully saturated rings. The third-order valence-electron chi connectivity index (χ3n) is 2.30. The highest BCUT2D eigenvalue weighted by molar-refractivity contribution is 14.1. The van der Waals surface area contributed by atoms with Gasteiger partial charge in [0.25, 0.3) is 9.84 Å². The van der Waals surface area contributed by atoms with Gasteiger partial charge in [0.15, 0.2) is 11.6 Å². The van der Waals surface area contributed by atoms with E-state index < -0.39 is 43.2 Å². The van der Waals surface area contributed by atoms with Crippen LogP contribution in [0.4, 0.5) is 18.9 Å². The number of rotatable bonds is 4. The Kier molecular flexibility index (Phi) is 5.43. The van der Waals surface area contributed by atoms with E-state index >= 15 is 0 Å². The first-order valence-corrected chi connectivity index (χ1v) is 7.90. The van der Waals surface area contributed by atoms with Crippen LogP contribution in [0.3, 0.4) is 0 Å². The molecule has 0 atom stereocenters. The molecule has 0 saturated heterocycles. The van der Waals surface area contributed by atoms with Crippen LogP contribution in [0.1, 0.15) is 0 Å². The highest BCUT2D eigenvalue weighted by Crippen LogP contribution is 2.37. The van der Waals surface area contributed by atoms with Crippen molar-refractivity contribution in [3.8, 4) is 11.8 Å². The number of anilines is 1. The number of amidine groups is 1. The zero-order valence-corrected chi connectivity index (χ0v) is 13.8. The highest BCUT2D eigenvalue weighted by atomic mass is 127. The zero-order valence-electron chi connectivity index (χ0n) is 10.8. The molecule has 1 rings (SSSR count). The van der Waals surface area contributed by atoms with Gasteiger partial charge in [-0.05, 0) is 34.7 Å². The van der Waals surface area contributed by atoms with Gasteiger partial charge in [-0.3, -0.25) is 10.8 Å². The van der Waals surface area contributed by atoms with Crippen LogP contribution in [0.5, 0.6) is 5.75 Å². The van der Waals surface area contributed by atoms with Crippen LogP contribution < -0.4 is 11.2 Å². The maximum atomic E-state index is 12.6. The Labute approximate surface area is 141 Å². The molecule has 124 valence electrons. The fourth-order valence-electron chi connectivity index (χ4n) is 1.21. The maximum Gasteiger partial charge on any atom is 0.501 e. The van der Waals surface area contributed by atoms with Crippen molar-refractivity contribution in [2.45, 2.75) is 10.4 Å². The Morgan fingerprint density at radius 3 is 2.48 bits per heavy atom. The normalized spacial score (nSPS) is 12.6. The minimum absolute atomic E-state index is 0.202. The summed E-state index contributed by atoms with van der Waals surface area (Å²) >= 11 is 1.42. The van der Waals surface area contributed by atoms with Gasteiger partial charge in [0.05, 0.1) is 8.47 Å². The molecule has 0 saturated carbocycles. The topological polar surface area (TPSA) is 152 Å². The van der Waals surface area contributed by atoms with Crippen molar-refractivity contribution in [2.75, 3.05) is 5.43 Å². The van der Waals surface area contributed by atoms with Gasteiger partial charge < -0.3 is 10.8 Å². The van der Waals surface area contributed by atoms with Crippen LogP contribution in [0.25, 0.3) is 0 Å². The summed E-state index contributed by atoms with van der Waals surface area (Å²) in [5.41, 5.74) is 0.388. The van der Waals surface area contributed by atoms with Gasteiger partial charge >= 0.3 is 5.51 Å². The lowest BCUT2D eigenvalue weighted by atomic mass is 10.3. The lowest BCUT2D eigenvalue weighted by Crippen LogP contribution is -2.23. The first-order valence-electron chi connectivity index (χ1n) is 5.34. The molecule has 0 unspecified atom stereocenters. The molecule has 0 aliphatic carbocycles. The van der Waals surface area contributed by atoms with Crippen molar-refractivity contribution in [2.24, 2.45) is 10.8 Å². The number of hydrazone groups is 1. The van der Waals surface area contributed by atoms with E-state index in [1.54, 1.807) is 0 Å². The Balaban J connectivity index is 3.43. The van der Waals surface area contributed by atoms with Crippen LogP contribution in [0, 0.1) is 20.3 Å². The number of nitriles is 1. The Bertz CT molecular complexity index is 829. The SMILES string of the molecule is N#C/C(=N\Nc1cc(S(=O)(=O)C(F)(F)F)cc(I)c1O)C(=N)N. The van der Waals surface area contributed by atoms with Gasteiger partial charge in [-0.2, -0.15) is 23.5 Å². The van der Waals surface area contributed by atoms with Gasteiger partial charge in [-0.1, -0.05) is 0 Å². The van der Waals surface area contributed by atoms with Crippen molar-refractivity contribution < 1.29 is 26.7 Å². The number of hydrogen-bond donors (Lipinski definition) is 4. The fraction of sp³-hybridized carbons (Fsp3) is 0.100. The number of nitrogens with two attached hydrogens (primary N) is 1. The summed E-state index contributed by atoms with van der Waals surface area (Å²) in [6.45, 7) is 0. The highest BCUT2D eigenvalue weighted by Gasteiger charge is 2.47. The third-order valence-corrected chi connectivity index (χ3v) is 4.59. The van der Waals surface area contributed by atoms with E-state index in [4.69, 9.17) is 16.4 Å². The number of hydrogen-bond acceptors (Lipinski definition) is 7. The molecule has 0 aromatic heterocycles. The van der Waals surface area contributed by atoms with E-state index in [0.29, 0.717) is 12.1 Å². The van der Waals surface area contributed by atoms with E-state index in [9.17, 15) is 26.7 Å². The van der Waals surface area contributed by atoms with E-state index in [1.807, 2.05) is 5.43 Å². The minimum atomic E-state index is -5.63. The lowest BCUT2D eigenvalue weighted by molar-refractivity contribution is -0.0436. The van der Waals surface area contributed by atoms with Crippen molar-refractivity contribution in [3.63, 3.8) is 0 Å². The molecule has 0 spiro atoms. The maximum absolute atomic E-state index is 12.6. The smallest absolute Gasteiger partial charge is 0.501 e. The molecule has 5 N–H and O–H groups in total. The van der Waals surface area contributed by atoms with Gasteiger partial charge in [-0.15, -0.1) is 0 Å². The predicted molar refractivity (Wildman–Crippen MR) is 82.6 cm³/mol. The molecule has 0 aliphatic heterocycles. The molecule has 0 amide bonds. The summed E-state index contributed by atoms with van der Waals surface area (Å²) in [7, 11) is -5.63. The van der Waals surface area contributed by atoms with Gasteiger partial charge in [0.2, 0.25) is 5.71 Å². The number of nitrogens with zero attached hydrogens (tertiary/aromatic N) is 2. The molecule has 1 aromatic rings. The predicted octanol–water partition coefficient (Wildman–Crippen LogP) is 1.52. The van der Waals surface area contributed by atoms with Crippen molar-refractivity contribution in [1.82, 2.24) is 0 Å². The first-order chi connectivity index (χ1) is 10.4. The van der Waals surface area contributed by atoms with E-state index in [0.717, 1.165) is 0 Å². The quantitative estimate of drug-likeness (QED) is 0.175. The van der Waals surface area contributed by atoms with Gasteiger partial charge in [0.1, 0.15) is 11.8 Å². The molecule has 13 heteroatoms. The first kappa shape index (κ1) is 19.0. The van der Waals surface area contributed by atoms with Crippen LogP contribution >= 0.6 is 22.6 Å². The Morgan fingerprint density at radius 2 is 2.04 bits per heavy atom. The third kappa shape index (κ3) is 4.01. The number of phenols is 1. The summed E-state index contributed by atoms with van der Waals surface area (Å²) in [5, 5.41) is 28.7. The second-order valence-electron chi connectivity index (χ2n) is 3.85. The molecule has 1 aromatic carbocycles. The van der Waals surface area contributed by atoms with Crippen molar-refractivity contribution in [3.05, 3.63) is 15.7 Å². The average Bonchev–Trinajstić information content (AvgIpc) is 2.41. The van der Waals surface area contributed by atoms with Crippen LogP contribution in [-0.4, -0.2) is 30.6 Å². The van der Waals surface area contributed by atoms with Crippen LogP contribution in [0.2, 0.25) is 0 Å². The number of nitrogens with one attached hydrogen (secondary N) is 2. The fourth-order valence-corrected chi connectivity index (χ4v) is 2.86. The number of halogens is 4. The zero-order chi connectivity index (χ0) is 18.0. The summed E-state index contributed by atoms with van der Waals surface area (Å²) in [4.78, 5) is -1.12. The molecule has 0 radical (unpaired) electrons. The molecule has 8 nitrogen and oxygen atoms in total. The van der Waals surface area contributed by atoms with E-state index in [-0.39, 0.29) is 3.57 Å². The Hall–Kier alpha value is -2.08. The number of alkyl halides is 3. The summed E-state index contributed by atoms with van der Waals surface area (Å²) < 4.78 is 60.3. The molecular weight excluding hydrogens is 454 g/mol. The number of phenolic OH excluding ortho intramolecular Hbond substituents is 1. The van der Waals surface area contributed by atoms with Gasteiger partial charge in [-0.25, -0.2) is 8.42 Å². The Morgan fingerprint density at radius 1 is 1.48 bits per heavy atom. The summed E-state index contributed by atoms with van der Waals surface area (Å²) in [6, 6.07) is 2.56. The number of benzene rings is 1. The minimum Gasteiger partial charge on any atom is -0.505 e. The van der Waals surface area contributed by atoms with Crippen molar-refractivity contribution in [1.29, 1.82) is 10.7 Å². The second-order valence-corrected chi connectivity index (χ2v) is 6.95. The van der Waals surface area contributed by atoms with Gasteiger partial charge in [0, 0.05) is 0 Å². The lowest BCUT2D eigenvalue weighted by Gasteiger charge is -2.12.